The van der Waals surface area contributed by atoms with Crippen molar-refractivity contribution in [2.24, 2.45) is 5.92 Å². The van der Waals surface area contributed by atoms with Crippen LogP contribution in [0.15, 0.2) is 18.2 Å². The Morgan fingerprint density at radius 2 is 2.04 bits per heavy atom. The number of benzene rings is 1. The van der Waals surface area contributed by atoms with E-state index in [1.165, 1.54) is 30.2 Å². The predicted octanol–water partition coefficient (Wildman–Crippen LogP) is 2.85. The van der Waals surface area contributed by atoms with E-state index in [1.54, 1.807) is 7.05 Å². The summed E-state index contributed by atoms with van der Waals surface area (Å²) in [6.07, 6.45) is 6.03. The largest absolute Gasteiger partial charge is 0.326 e. The molecule has 3 N–H and O–H groups in total. The monoisotopic (exact) mass is 338 g/mol. The van der Waals surface area contributed by atoms with Crippen LogP contribution in [0.5, 0.6) is 0 Å². The van der Waals surface area contributed by atoms with Crippen molar-refractivity contribution < 1.29 is 13.6 Å². The molecule has 2 aliphatic rings. The first-order chi connectivity index (χ1) is 11.5. The Morgan fingerprint density at radius 1 is 1.25 bits per heavy atom. The molecule has 2 amide bonds. The number of anilines is 1. The number of carbonyl (C=O) groups is 1. The second kappa shape index (κ2) is 7.44. The molecule has 24 heavy (non-hydrogen) atoms. The predicted molar refractivity (Wildman–Crippen MR) is 88.4 cm³/mol. The van der Waals surface area contributed by atoms with E-state index >= 15 is 0 Å². The van der Waals surface area contributed by atoms with Crippen molar-refractivity contribution in [2.75, 3.05) is 18.9 Å². The lowest BCUT2D eigenvalue weighted by Crippen LogP contribution is -2.44. The van der Waals surface area contributed by atoms with Crippen LogP contribution in [0.25, 0.3) is 0 Å². The van der Waals surface area contributed by atoms with Crippen molar-refractivity contribution in [3.63, 3.8) is 0 Å². The molecule has 1 saturated carbocycles. The molecule has 7 heteroatoms. The molecule has 1 saturated heterocycles. The molecule has 1 aliphatic carbocycles. The number of rotatable bonds is 3. The van der Waals surface area contributed by atoms with E-state index in [-0.39, 0.29) is 11.7 Å². The lowest BCUT2D eigenvalue weighted by Gasteiger charge is -2.26. The molecule has 1 heterocycles. The first-order valence-corrected chi connectivity index (χ1v) is 8.53. The van der Waals surface area contributed by atoms with E-state index in [1.807, 2.05) is 0 Å². The van der Waals surface area contributed by atoms with E-state index in [0.717, 1.165) is 25.0 Å². The Bertz CT molecular complexity index is 598. The van der Waals surface area contributed by atoms with Crippen molar-refractivity contribution in [3.8, 4) is 0 Å². The van der Waals surface area contributed by atoms with Gasteiger partial charge in [-0.15, -0.1) is 0 Å². The van der Waals surface area contributed by atoms with Crippen molar-refractivity contribution in [3.05, 3.63) is 29.8 Å². The van der Waals surface area contributed by atoms with Gasteiger partial charge in [-0.3, -0.25) is 10.9 Å². The van der Waals surface area contributed by atoms with Crippen molar-refractivity contribution in [2.45, 2.75) is 44.2 Å². The van der Waals surface area contributed by atoms with Crippen LogP contribution in [0.1, 0.15) is 32.1 Å². The number of hydrogen-bond donors (Lipinski definition) is 3. The zero-order valence-electron chi connectivity index (χ0n) is 13.8. The molecule has 1 aliphatic heterocycles. The van der Waals surface area contributed by atoms with Gasteiger partial charge in [-0.25, -0.2) is 13.6 Å². The van der Waals surface area contributed by atoms with Gasteiger partial charge in [-0.05, 0) is 30.9 Å². The van der Waals surface area contributed by atoms with Gasteiger partial charge in [-0.1, -0.05) is 19.3 Å². The van der Waals surface area contributed by atoms with Crippen molar-refractivity contribution in [1.29, 1.82) is 0 Å². The number of hydrazine groups is 1. The van der Waals surface area contributed by atoms with E-state index in [4.69, 9.17) is 0 Å². The molecule has 0 bridgehead atoms. The van der Waals surface area contributed by atoms with Crippen LogP contribution in [0.3, 0.4) is 0 Å². The first kappa shape index (κ1) is 17.1. The lowest BCUT2D eigenvalue weighted by atomic mass is 9.90. The highest BCUT2D eigenvalue weighted by molar-refractivity contribution is 5.89. The van der Waals surface area contributed by atoms with E-state index in [0.29, 0.717) is 18.5 Å². The van der Waals surface area contributed by atoms with Crippen LogP contribution in [0, 0.1) is 17.6 Å². The summed E-state index contributed by atoms with van der Waals surface area (Å²) in [6.45, 7) is 0.531. The number of likely N-dealkylation sites (N-methyl/N-ethyl adjacent to an activating group) is 1. The Morgan fingerprint density at radius 3 is 2.83 bits per heavy atom. The van der Waals surface area contributed by atoms with Gasteiger partial charge >= 0.3 is 6.03 Å². The van der Waals surface area contributed by atoms with E-state index in [2.05, 4.69) is 16.2 Å². The average molecular weight is 338 g/mol. The number of urea groups is 1. The van der Waals surface area contributed by atoms with Gasteiger partial charge in [0.05, 0.1) is 5.69 Å². The number of halogens is 2. The fourth-order valence-electron chi connectivity index (χ4n) is 3.68. The Labute approximate surface area is 140 Å². The molecular weight excluding hydrogens is 314 g/mol. The highest BCUT2D eigenvalue weighted by Gasteiger charge is 2.37. The smallest absolute Gasteiger partial charge is 0.321 e. The maximum Gasteiger partial charge on any atom is 0.321 e. The standard InChI is InChI=1S/C17H24F2N4O/c1-23(17(24)20-15-8-7-11(18)9-13(15)19)10-16-12-5-3-2-4-6-14(12)21-22-16/h7-9,12,14,16,21-22H,2-6,10H2,1H3,(H,20,24). The van der Waals surface area contributed by atoms with Crippen molar-refractivity contribution >= 4 is 11.7 Å². The molecule has 1 aromatic carbocycles. The third-order valence-electron chi connectivity index (χ3n) is 5.03. The number of nitrogens with zero attached hydrogens (tertiary/aromatic N) is 1. The minimum atomic E-state index is -0.777. The van der Waals surface area contributed by atoms with Gasteiger partial charge in [0.2, 0.25) is 0 Å². The summed E-state index contributed by atoms with van der Waals surface area (Å²) in [5.74, 6) is -0.939. The summed E-state index contributed by atoms with van der Waals surface area (Å²) in [6, 6.07) is 3.35. The second-order valence-corrected chi connectivity index (χ2v) is 6.74. The number of fused-ring (bicyclic) bond motifs is 1. The minimum Gasteiger partial charge on any atom is -0.326 e. The Kier molecular flexibility index (Phi) is 5.30. The van der Waals surface area contributed by atoms with Gasteiger partial charge in [0.25, 0.3) is 0 Å². The molecule has 0 aromatic heterocycles. The topological polar surface area (TPSA) is 56.4 Å². The molecule has 3 unspecified atom stereocenters. The molecule has 0 radical (unpaired) electrons. The van der Waals surface area contributed by atoms with Crippen LogP contribution in [-0.4, -0.2) is 36.6 Å². The quantitative estimate of drug-likeness (QED) is 0.794. The molecule has 1 aromatic rings. The van der Waals surface area contributed by atoms with Gasteiger partial charge in [0.15, 0.2) is 0 Å². The maximum atomic E-state index is 13.6. The van der Waals surface area contributed by atoms with E-state index in [9.17, 15) is 13.6 Å². The Balaban J connectivity index is 1.58. The van der Waals surface area contributed by atoms with Crippen LogP contribution in [0.4, 0.5) is 19.3 Å². The molecule has 5 nitrogen and oxygen atoms in total. The number of amides is 2. The number of hydrogen-bond acceptors (Lipinski definition) is 3. The zero-order chi connectivity index (χ0) is 17.1. The highest BCUT2D eigenvalue weighted by atomic mass is 19.1. The fraction of sp³-hybridized carbons (Fsp3) is 0.588. The summed E-state index contributed by atoms with van der Waals surface area (Å²) < 4.78 is 26.6. The number of nitrogens with one attached hydrogen (secondary N) is 3. The molecular formula is C17H24F2N4O. The highest BCUT2D eigenvalue weighted by Crippen LogP contribution is 2.29. The molecule has 3 atom stereocenters. The Hall–Kier alpha value is -1.73. The third kappa shape index (κ3) is 3.84. The van der Waals surface area contributed by atoms with Gasteiger partial charge in [-0.2, -0.15) is 0 Å². The number of carbonyl (C=O) groups excluding carboxylic acids is 1. The van der Waals surface area contributed by atoms with Crippen LogP contribution in [0.2, 0.25) is 0 Å². The van der Waals surface area contributed by atoms with Crippen LogP contribution >= 0.6 is 0 Å². The summed E-state index contributed by atoms with van der Waals surface area (Å²) in [5, 5.41) is 2.49. The normalized spacial score (nSPS) is 26.5. The maximum absolute atomic E-state index is 13.6. The molecule has 2 fully saturated rings. The minimum absolute atomic E-state index is 0.0156. The van der Waals surface area contributed by atoms with Gasteiger partial charge in [0.1, 0.15) is 11.6 Å². The molecule has 3 rings (SSSR count). The van der Waals surface area contributed by atoms with Crippen LogP contribution < -0.4 is 16.2 Å². The SMILES string of the molecule is CN(CC1NNC2CCCCCC21)C(=O)Nc1ccc(F)cc1F. The van der Waals surface area contributed by atoms with E-state index < -0.39 is 17.7 Å². The summed E-state index contributed by atoms with van der Waals surface area (Å²) in [7, 11) is 1.68. The summed E-state index contributed by atoms with van der Waals surface area (Å²) in [5.41, 5.74) is 6.63. The summed E-state index contributed by atoms with van der Waals surface area (Å²) >= 11 is 0. The van der Waals surface area contributed by atoms with Crippen molar-refractivity contribution in [1.82, 2.24) is 15.8 Å². The zero-order valence-corrected chi connectivity index (χ0v) is 13.8. The second-order valence-electron chi connectivity index (χ2n) is 6.74. The van der Waals surface area contributed by atoms with Crippen LogP contribution in [-0.2, 0) is 0 Å². The average Bonchev–Trinajstić information content (AvgIpc) is 2.78. The van der Waals surface area contributed by atoms with Gasteiger partial charge < -0.3 is 10.2 Å². The molecule has 0 spiro atoms. The third-order valence-corrected chi connectivity index (χ3v) is 5.03. The summed E-state index contributed by atoms with van der Waals surface area (Å²) in [4.78, 5) is 13.8. The molecule has 132 valence electrons. The fourth-order valence-corrected chi connectivity index (χ4v) is 3.68. The first-order valence-electron chi connectivity index (χ1n) is 8.53. The lowest BCUT2D eigenvalue weighted by molar-refractivity contribution is 0.212. The van der Waals surface area contributed by atoms with Gasteiger partial charge in [0, 0.05) is 31.7 Å².